The highest BCUT2D eigenvalue weighted by Gasteiger charge is 2.15. The van der Waals surface area contributed by atoms with Crippen molar-refractivity contribution >= 4 is 11.0 Å². The largest absolute Gasteiger partial charge is 0.345 e. The van der Waals surface area contributed by atoms with Gasteiger partial charge in [0.15, 0.2) is 0 Å². The average molecular weight is 369 g/mol. The molecule has 0 radical (unpaired) electrons. The zero-order valence-electron chi connectivity index (χ0n) is 15.4. The second kappa shape index (κ2) is 8.17. The minimum absolute atomic E-state index is 0.0115. The number of H-pyrrole nitrogens is 1. The fourth-order valence-corrected chi connectivity index (χ4v) is 4.11. The van der Waals surface area contributed by atoms with Crippen LogP contribution in [0.2, 0.25) is 0 Å². The van der Waals surface area contributed by atoms with Gasteiger partial charge in [-0.05, 0) is 54.3 Å². The molecule has 3 aromatic rings. The lowest BCUT2D eigenvalue weighted by molar-refractivity contribution is 0.334. The summed E-state index contributed by atoms with van der Waals surface area (Å²) in [5.74, 6) is -0.254. The topological polar surface area (TPSA) is 40.7 Å². The van der Waals surface area contributed by atoms with Crippen molar-refractivity contribution in [1.82, 2.24) is 15.3 Å². The van der Waals surface area contributed by atoms with Crippen LogP contribution in [0, 0.1) is 17.6 Å². The summed E-state index contributed by atoms with van der Waals surface area (Å²) in [4.78, 5) is 7.11. The van der Waals surface area contributed by atoms with Crippen molar-refractivity contribution in [3.05, 3.63) is 53.9 Å². The summed E-state index contributed by atoms with van der Waals surface area (Å²) >= 11 is 0. The molecule has 0 bridgehead atoms. The lowest BCUT2D eigenvalue weighted by Gasteiger charge is -2.21. The summed E-state index contributed by atoms with van der Waals surface area (Å²) in [5, 5.41) is 3.34. The van der Waals surface area contributed by atoms with E-state index in [0.717, 1.165) is 29.9 Å². The molecule has 2 aromatic carbocycles. The first-order valence-corrected chi connectivity index (χ1v) is 9.83. The summed E-state index contributed by atoms with van der Waals surface area (Å²) in [6.07, 6.45) is 9.40. The number of aromatic nitrogens is 2. The van der Waals surface area contributed by atoms with Gasteiger partial charge in [0.25, 0.3) is 0 Å². The number of nitrogens with zero attached hydrogens (tertiary/aromatic N) is 1. The van der Waals surface area contributed by atoms with E-state index in [4.69, 9.17) is 0 Å². The van der Waals surface area contributed by atoms with Crippen LogP contribution in [-0.2, 0) is 6.54 Å². The fourth-order valence-electron chi connectivity index (χ4n) is 4.11. The Morgan fingerprint density at radius 3 is 2.59 bits per heavy atom. The van der Waals surface area contributed by atoms with E-state index in [2.05, 4.69) is 15.3 Å². The lowest BCUT2D eigenvalue weighted by Crippen LogP contribution is -2.19. The number of nitrogens with one attached hydrogen (secondary N) is 2. The Bertz CT molecular complexity index is 890. The Morgan fingerprint density at radius 1 is 1.04 bits per heavy atom. The monoisotopic (exact) mass is 369 g/mol. The SMILES string of the molecule is Fc1cc(CNCCC2CCCCC2)cc(F)c1-c1ccc2nc[nH]c2c1. The lowest BCUT2D eigenvalue weighted by atomic mass is 9.87. The van der Waals surface area contributed by atoms with E-state index in [0.29, 0.717) is 17.7 Å². The van der Waals surface area contributed by atoms with E-state index < -0.39 is 11.6 Å². The molecule has 142 valence electrons. The first kappa shape index (κ1) is 18.1. The number of hydrogen-bond acceptors (Lipinski definition) is 2. The van der Waals surface area contributed by atoms with Crippen molar-refractivity contribution in [2.45, 2.75) is 45.1 Å². The Morgan fingerprint density at radius 2 is 1.81 bits per heavy atom. The number of halogens is 2. The van der Waals surface area contributed by atoms with Crippen molar-refractivity contribution in [3.63, 3.8) is 0 Å². The number of benzene rings is 2. The van der Waals surface area contributed by atoms with Gasteiger partial charge in [-0.2, -0.15) is 0 Å². The standard InChI is InChI=1S/C22H25F2N3/c23-18-10-16(13-25-9-8-15-4-2-1-3-5-15)11-19(24)22(18)17-6-7-20-21(12-17)27-14-26-20/h6-7,10-12,14-15,25H,1-5,8-9,13H2,(H,26,27). The molecule has 1 aromatic heterocycles. The Labute approximate surface area is 158 Å². The predicted molar refractivity (Wildman–Crippen MR) is 104 cm³/mol. The van der Waals surface area contributed by atoms with Gasteiger partial charge >= 0.3 is 0 Å². The Hall–Kier alpha value is -2.27. The van der Waals surface area contributed by atoms with Gasteiger partial charge in [-0.15, -0.1) is 0 Å². The third-order valence-corrected chi connectivity index (χ3v) is 5.59. The van der Waals surface area contributed by atoms with Gasteiger partial charge in [-0.1, -0.05) is 38.2 Å². The first-order valence-electron chi connectivity index (χ1n) is 9.83. The molecule has 4 rings (SSSR count). The molecule has 27 heavy (non-hydrogen) atoms. The molecule has 1 saturated carbocycles. The third kappa shape index (κ3) is 4.19. The molecule has 0 aliphatic heterocycles. The van der Waals surface area contributed by atoms with E-state index in [-0.39, 0.29) is 5.56 Å². The van der Waals surface area contributed by atoms with Crippen molar-refractivity contribution in [1.29, 1.82) is 0 Å². The zero-order valence-corrected chi connectivity index (χ0v) is 15.4. The smallest absolute Gasteiger partial charge is 0.134 e. The van der Waals surface area contributed by atoms with Crippen LogP contribution < -0.4 is 5.32 Å². The van der Waals surface area contributed by atoms with Crippen molar-refractivity contribution < 1.29 is 8.78 Å². The molecular weight excluding hydrogens is 344 g/mol. The summed E-state index contributed by atoms with van der Waals surface area (Å²) in [5.41, 5.74) is 2.70. The minimum atomic E-state index is -0.530. The van der Waals surface area contributed by atoms with Crippen LogP contribution in [0.15, 0.2) is 36.7 Å². The molecule has 0 atom stereocenters. The normalized spacial score (nSPS) is 15.5. The molecule has 1 aliphatic rings. The number of imidazole rings is 1. The van der Waals surface area contributed by atoms with Crippen LogP contribution in [0.1, 0.15) is 44.1 Å². The Kier molecular flexibility index (Phi) is 5.48. The van der Waals surface area contributed by atoms with Crippen LogP contribution in [-0.4, -0.2) is 16.5 Å². The zero-order chi connectivity index (χ0) is 18.6. The highest BCUT2D eigenvalue weighted by atomic mass is 19.1. The minimum Gasteiger partial charge on any atom is -0.345 e. The molecule has 0 spiro atoms. The predicted octanol–water partition coefficient (Wildman–Crippen LogP) is 5.57. The van der Waals surface area contributed by atoms with Crippen LogP contribution in [0.5, 0.6) is 0 Å². The molecule has 1 aliphatic carbocycles. The third-order valence-electron chi connectivity index (χ3n) is 5.59. The molecule has 0 amide bonds. The molecule has 1 fully saturated rings. The molecule has 0 saturated heterocycles. The number of hydrogen-bond donors (Lipinski definition) is 2. The second-order valence-electron chi connectivity index (χ2n) is 7.54. The van der Waals surface area contributed by atoms with Gasteiger partial charge in [0.05, 0.1) is 22.9 Å². The summed E-state index contributed by atoms with van der Waals surface area (Å²) in [6, 6.07) is 8.06. The van der Waals surface area contributed by atoms with E-state index in [1.807, 2.05) is 0 Å². The van der Waals surface area contributed by atoms with Crippen LogP contribution in [0.25, 0.3) is 22.2 Å². The summed E-state index contributed by atoms with van der Waals surface area (Å²) in [7, 11) is 0. The first-order chi connectivity index (χ1) is 13.2. The van der Waals surface area contributed by atoms with E-state index in [1.54, 1.807) is 24.5 Å². The molecule has 3 nitrogen and oxygen atoms in total. The average Bonchev–Trinajstić information content (AvgIpc) is 3.13. The molecular formula is C22H25F2N3. The number of rotatable bonds is 6. The van der Waals surface area contributed by atoms with Gasteiger partial charge < -0.3 is 10.3 Å². The second-order valence-corrected chi connectivity index (χ2v) is 7.54. The quantitative estimate of drug-likeness (QED) is 0.558. The van der Waals surface area contributed by atoms with Crippen LogP contribution in [0.4, 0.5) is 8.78 Å². The summed E-state index contributed by atoms with van der Waals surface area (Å²) in [6.45, 7) is 1.38. The van der Waals surface area contributed by atoms with Crippen molar-refractivity contribution in [2.75, 3.05) is 6.54 Å². The highest BCUT2D eigenvalue weighted by molar-refractivity contribution is 5.81. The van der Waals surface area contributed by atoms with Crippen LogP contribution in [0.3, 0.4) is 0 Å². The van der Waals surface area contributed by atoms with Crippen LogP contribution >= 0.6 is 0 Å². The Balaban J connectivity index is 1.42. The van der Waals surface area contributed by atoms with Gasteiger partial charge in [-0.3, -0.25) is 0 Å². The maximum atomic E-state index is 14.6. The summed E-state index contributed by atoms with van der Waals surface area (Å²) < 4.78 is 29.3. The maximum absolute atomic E-state index is 14.6. The number of aromatic amines is 1. The number of fused-ring (bicyclic) bond motifs is 1. The molecule has 1 heterocycles. The van der Waals surface area contributed by atoms with Gasteiger partial charge in [0.1, 0.15) is 11.6 Å². The van der Waals surface area contributed by atoms with Crippen molar-refractivity contribution in [2.24, 2.45) is 5.92 Å². The molecule has 5 heteroatoms. The van der Waals surface area contributed by atoms with E-state index in [9.17, 15) is 8.78 Å². The van der Waals surface area contributed by atoms with Gasteiger partial charge in [-0.25, -0.2) is 13.8 Å². The maximum Gasteiger partial charge on any atom is 0.134 e. The van der Waals surface area contributed by atoms with E-state index in [1.165, 1.54) is 44.2 Å². The molecule has 2 N–H and O–H groups in total. The highest BCUT2D eigenvalue weighted by Crippen LogP contribution is 2.29. The van der Waals surface area contributed by atoms with E-state index >= 15 is 0 Å². The van der Waals surface area contributed by atoms with Gasteiger partial charge in [0.2, 0.25) is 0 Å². The molecule has 0 unspecified atom stereocenters. The van der Waals surface area contributed by atoms with Gasteiger partial charge in [0, 0.05) is 6.54 Å². The van der Waals surface area contributed by atoms with Crippen molar-refractivity contribution in [3.8, 4) is 11.1 Å². The fraction of sp³-hybridized carbons (Fsp3) is 0.409.